The van der Waals surface area contributed by atoms with Crippen LogP contribution in [-0.2, 0) is 20.9 Å². The van der Waals surface area contributed by atoms with Crippen LogP contribution in [0.15, 0.2) is 54.6 Å². The van der Waals surface area contributed by atoms with Crippen LogP contribution in [0.5, 0.6) is 0 Å². The monoisotopic (exact) mass is 411 g/mol. The van der Waals surface area contributed by atoms with E-state index in [-0.39, 0.29) is 18.4 Å². The molecule has 2 fully saturated rings. The third-order valence-corrected chi connectivity index (χ3v) is 5.85. The van der Waals surface area contributed by atoms with Gasteiger partial charge in [0.1, 0.15) is 12.4 Å². The van der Waals surface area contributed by atoms with Gasteiger partial charge in [0.05, 0.1) is 6.04 Å². The Hall–Kier alpha value is -2.77. The van der Waals surface area contributed by atoms with E-state index in [4.69, 9.17) is 4.74 Å². The summed E-state index contributed by atoms with van der Waals surface area (Å²) in [6.07, 6.45) is -0.838. The lowest BCUT2D eigenvalue weighted by Crippen LogP contribution is -2.57. The van der Waals surface area contributed by atoms with Crippen molar-refractivity contribution in [2.45, 2.75) is 18.7 Å². The second kappa shape index (κ2) is 8.93. The number of nitrogens with zero attached hydrogens (tertiary/aromatic N) is 3. The van der Waals surface area contributed by atoms with Crippen LogP contribution in [0.25, 0.3) is 0 Å². The van der Waals surface area contributed by atoms with Crippen molar-refractivity contribution in [3.8, 4) is 0 Å². The van der Waals surface area contributed by atoms with Gasteiger partial charge in [-0.25, -0.2) is 4.39 Å². The molecule has 0 spiro atoms. The van der Waals surface area contributed by atoms with Gasteiger partial charge in [-0.1, -0.05) is 42.5 Å². The third kappa shape index (κ3) is 4.37. The smallest absolute Gasteiger partial charge is 0.254 e. The summed E-state index contributed by atoms with van der Waals surface area (Å²) in [5.41, 5.74) is 1.81. The lowest BCUT2D eigenvalue weighted by atomic mass is 9.97. The quantitative estimate of drug-likeness (QED) is 0.773. The zero-order chi connectivity index (χ0) is 21.1. The van der Waals surface area contributed by atoms with Crippen LogP contribution in [0.3, 0.4) is 0 Å². The molecule has 2 saturated heterocycles. The van der Waals surface area contributed by atoms with Crippen LogP contribution in [-0.4, -0.2) is 72.5 Å². The predicted molar refractivity (Wildman–Crippen MR) is 110 cm³/mol. The summed E-state index contributed by atoms with van der Waals surface area (Å²) in [7, 11) is 1.64. The molecule has 2 atom stereocenters. The first-order chi connectivity index (χ1) is 14.5. The molecular weight excluding hydrogens is 385 g/mol. The Morgan fingerprint density at radius 3 is 2.50 bits per heavy atom. The van der Waals surface area contributed by atoms with Gasteiger partial charge in [-0.05, 0) is 23.3 Å². The molecule has 2 amide bonds. The first kappa shape index (κ1) is 20.5. The van der Waals surface area contributed by atoms with Crippen molar-refractivity contribution >= 4 is 11.8 Å². The zero-order valence-corrected chi connectivity index (χ0v) is 17.0. The number of ether oxygens (including phenoxy) is 1. The van der Waals surface area contributed by atoms with Crippen molar-refractivity contribution in [2.24, 2.45) is 0 Å². The van der Waals surface area contributed by atoms with E-state index in [0.29, 0.717) is 18.7 Å². The third-order valence-electron chi connectivity index (χ3n) is 5.85. The molecule has 2 heterocycles. The molecule has 0 bridgehead atoms. The molecular formula is C23H26FN3O3. The van der Waals surface area contributed by atoms with Gasteiger partial charge < -0.3 is 14.5 Å². The minimum Gasteiger partial charge on any atom is -0.356 e. The summed E-state index contributed by atoms with van der Waals surface area (Å²) in [4.78, 5) is 31.1. The molecule has 2 aliphatic heterocycles. The molecule has 2 aromatic rings. The fraction of sp³-hybridized carbons (Fsp3) is 0.391. The number of halogens is 1. The number of benzene rings is 2. The Morgan fingerprint density at radius 1 is 1.07 bits per heavy atom. The van der Waals surface area contributed by atoms with Gasteiger partial charge in [0.25, 0.3) is 5.91 Å². The Bertz CT molecular complexity index is 900. The number of rotatable bonds is 4. The Morgan fingerprint density at radius 2 is 1.80 bits per heavy atom. The highest BCUT2D eigenvalue weighted by atomic mass is 19.1. The predicted octanol–water partition coefficient (Wildman–Crippen LogP) is 2.07. The first-order valence-corrected chi connectivity index (χ1v) is 10.2. The zero-order valence-electron chi connectivity index (χ0n) is 17.0. The molecule has 0 saturated carbocycles. The van der Waals surface area contributed by atoms with Gasteiger partial charge in [-0.3, -0.25) is 14.5 Å². The average molecular weight is 411 g/mol. The molecule has 2 aromatic carbocycles. The van der Waals surface area contributed by atoms with Crippen molar-refractivity contribution in [2.75, 3.05) is 39.8 Å². The molecule has 0 radical (unpaired) electrons. The van der Waals surface area contributed by atoms with E-state index in [1.54, 1.807) is 24.1 Å². The van der Waals surface area contributed by atoms with Gasteiger partial charge in [0.2, 0.25) is 5.91 Å². The Balaban J connectivity index is 1.44. The standard InChI is InChI=1S/C23H26FN3O3/c1-25-20(28)16-30-22(21(25)18-8-5-9-19(24)14-18)23(29)27-12-10-26(11-13-27)15-17-6-3-2-4-7-17/h2-9,14,21-22H,10-13,15-16H2,1H3/t21-,22-/m0/s1. The van der Waals surface area contributed by atoms with E-state index < -0.39 is 18.0 Å². The Labute approximate surface area is 175 Å². The molecule has 6 nitrogen and oxygen atoms in total. The lowest BCUT2D eigenvalue weighted by Gasteiger charge is -2.42. The van der Waals surface area contributed by atoms with Gasteiger partial charge in [-0.2, -0.15) is 0 Å². The fourth-order valence-corrected chi connectivity index (χ4v) is 4.16. The van der Waals surface area contributed by atoms with Gasteiger partial charge in [0.15, 0.2) is 6.10 Å². The normalized spacial score (nSPS) is 22.9. The van der Waals surface area contributed by atoms with Crippen LogP contribution in [0.4, 0.5) is 4.39 Å². The Kier molecular flexibility index (Phi) is 6.11. The summed E-state index contributed by atoms with van der Waals surface area (Å²) < 4.78 is 19.5. The van der Waals surface area contributed by atoms with Crippen molar-refractivity contribution in [3.63, 3.8) is 0 Å². The number of amides is 2. The van der Waals surface area contributed by atoms with E-state index >= 15 is 0 Å². The molecule has 0 aromatic heterocycles. The maximum absolute atomic E-state index is 13.8. The number of morpholine rings is 1. The second-order valence-corrected chi connectivity index (χ2v) is 7.82. The van der Waals surface area contributed by atoms with Crippen LogP contribution in [0.1, 0.15) is 17.2 Å². The second-order valence-electron chi connectivity index (χ2n) is 7.82. The molecule has 2 aliphatic rings. The maximum Gasteiger partial charge on any atom is 0.254 e. The number of likely N-dealkylation sites (N-methyl/N-ethyl adjacent to an activating group) is 1. The maximum atomic E-state index is 13.8. The summed E-state index contributed by atoms with van der Waals surface area (Å²) in [6.45, 7) is 3.44. The van der Waals surface area contributed by atoms with Gasteiger partial charge in [0, 0.05) is 39.8 Å². The van der Waals surface area contributed by atoms with Crippen LogP contribution >= 0.6 is 0 Å². The number of hydrogen-bond acceptors (Lipinski definition) is 4. The fourth-order valence-electron chi connectivity index (χ4n) is 4.16. The summed E-state index contributed by atoms with van der Waals surface area (Å²) in [5.74, 6) is -0.774. The molecule has 0 N–H and O–H groups in total. The molecule has 7 heteroatoms. The first-order valence-electron chi connectivity index (χ1n) is 10.2. The number of piperazine rings is 1. The van der Waals surface area contributed by atoms with Crippen molar-refractivity contribution < 1.29 is 18.7 Å². The molecule has 158 valence electrons. The molecule has 0 unspecified atom stereocenters. The van der Waals surface area contributed by atoms with Gasteiger partial charge in [-0.15, -0.1) is 0 Å². The SMILES string of the molecule is CN1C(=O)CO[C@H](C(=O)N2CCN(Cc3ccccc3)CC2)[C@@H]1c1cccc(F)c1. The average Bonchev–Trinajstić information content (AvgIpc) is 2.76. The molecule has 0 aliphatic carbocycles. The highest BCUT2D eigenvalue weighted by molar-refractivity contribution is 5.86. The van der Waals surface area contributed by atoms with Crippen molar-refractivity contribution in [1.29, 1.82) is 0 Å². The van der Waals surface area contributed by atoms with Crippen molar-refractivity contribution in [1.82, 2.24) is 14.7 Å². The lowest BCUT2D eigenvalue weighted by molar-refractivity contribution is -0.168. The van der Waals surface area contributed by atoms with Crippen LogP contribution < -0.4 is 0 Å². The van der Waals surface area contributed by atoms with Gasteiger partial charge >= 0.3 is 0 Å². The summed E-state index contributed by atoms with van der Waals surface area (Å²) >= 11 is 0. The highest BCUT2D eigenvalue weighted by Gasteiger charge is 2.42. The molecule has 4 rings (SSSR count). The number of carbonyl (C=O) groups excluding carboxylic acids is 2. The van der Waals surface area contributed by atoms with E-state index in [1.165, 1.54) is 22.6 Å². The van der Waals surface area contributed by atoms with E-state index in [1.807, 2.05) is 18.2 Å². The number of hydrogen-bond donors (Lipinski definition) is 0. The molecule has 30 heavy (non-hydrogen) atoms. The van der Waals surface area contributed by atoms with Crippen LogP contribution in [0.2, 0.25) is 0 Å². The topological polar surface area (TPSA) is 53.1 Å². The van der Waals surface area contributed by atoms with E-state index in [0.717, 1.165) is 19.6 Å². The summed E-state index contributed by atoms with van der Waals surface area (Å²) in [6, 6.07) is 15.6. The van der Waals surface area contributed by atoms with E-state index in [9.17, 15) is 14.0 Å². The van der Waals surface area contributed by atoms with Crippen molar-refractivity contribution in [3.05, 3.63) is 71.5 Å². The van der Waals surface area contributed by atoms with Crippen LogP contribution in [0, 0.1) is 5.82 Å². The largest absolute Gasteiger partial charge is 0.356 e. The van der Waals surface area contributed by atoms with E-state index in [2.05, 4.69) is 17.0 Å². The minimum atomic E-state index is -0.838. The minimum absolute atomic E-state index is 0.146. The number of carbonyl (C=O) groups is 2. The summed E-state index contributed by atoms with van der Waals surface area (Å²) in [5, 5.41) is 0. The highest BCUT2D eigenvalue weighted by Crippen LogP contribution is 2.31.